The van der Waals surface area contributed by atoms with E-state index in [4.69, 9.17) is 4.74 Å². The van der Waals surface area contributed by atoms with Crippen molar-refractivity contribution in [1.82, 2.24) is 0 Å². The summed E-state index contributed by atoms with van der Waals surface area (Å²) < 4.78 is 5.15. The van der Waals surface area contributed by atoms with E-state index >= 15 is 0 Å². The third kappa shape index (κ3) is 3.39. The Kier molecular flexibility index (Phi) is 4.35. The van der Waals surface area contributed by atoms with Crippen molar-refractivity contribution >= 4 is 5.78 Å². The van der Waals surface area contributed by atoms with E-state index < -0.39 is 0 Å². The van der Waals surface area contributed by atoms with Crippen LogP contribution in [-0.4, -0.2) is 12.9 Å². The molecule has 15 heavy (non-hydrogen) atoms. The maximum atomic E-state index is 11.3. The van der Waals surface area contributed by atoms with Gasteiger partial charge in [-0.25, -0.2) is 0 Å². The molecule has 1 rings (SSSR count). The monoisotopic (exact) mass is 206 g/mol. The van der Waals surface area contributed by atoms with Crippen LogP contribution < -0.4 is 4.74 Å². The topological polar surface area (TPSA) is 26.3 Å². The largest absolute Gasteiger partial charge is 0.497 e. The van der Waals surface area contributed by atoms with Gasteiger partial charge in [0, 0.05) is 5.92 Å². The van der Waals surface area contributed by atoms with Crippen LogP contribution in [0.3, 0.4) is 0 Å². The summed E-state index contributed by atoms with van der Waals surface area (Å²) in [7, 11) is 1.65. The predicted octanol–water partition coefficient (Wildman–Crippen LogP) is 2.85. The van der Waals surface area contributed by atoms with Crippen molar-refractivity contribution in [3.63, 3.8) is 0 Å². The van der Waals surface area contributed by atoms with Crippen molar-refractivity contribution in [2.75, 3.05) is 7.11 Å². The van der Waals surface area contributed by atoms with Gasteiger partial charge < -0.3 is 4.74 Å². The SMILES string of the molecule is CCC(Cc1cccc(OC)c1)C(C)=O. The molecule has 0 spiro atoms. The van der Waals surface area contributed by atoms with Crippen LogP contribution in [0, 0.1) is 5.92 Å². The van der Waals surface area contributed by atoms with Gasteiger partial charge in [0.05, 0.1) is 7.11 Å². The van der Waals surface area contributed by atoms with Gasteiger partial charge in [0.15, 0.2) is 0 Å². The van der Waals surface area contributed by atoms with Gasteiger partial charge in [-0.15, -0.1) is 0 Å². The normalized spacial score (nSPS) is 12.2. The van der Waals surface area contributed by atoms with Crippen molar-refractivity contribution in [3.05, 3.63) is 29.8 Å². The average molecular weight is 206 g/mol. The molecule has 0 saturated heterocycles. The number of ketones is 1. The second-order valence-corrected chi connectivity index (χ2v) is 3.77. The van der Waals surface area contributed by atoms with Crippen LogP contribution in [-0.2, 0) is 11.2 Å². The third-order valence-electron chi connectivity index (χ3n) is 2.68. The van der Waals surface area contributed by atoms with E-state index in [1.807, 2.05) is 31.2 Å². The van der Waals surface area contributed by atoms with Crippen molar-refractivity contribution in [3.8, 4) is 5.75 Å². The number of benzene rings is 1. The number of hydrogen-bond acceptors (Lipinski definition) is 2. The van der Waals surface area contributed by atoms with Gasteiger partial charge in [-0.3, -0.25) is 4.79 Å². The number of methoxy groups -OCH3 is 1. The molecule has 0 N–H and O–H groups in total. The van der Waals surface area contributed by atoms with Gasteiger partial charge in [-0.2, -0.15) is 0 Å². The standard InChI is InChI=1S/C13H18O2/c1-4-12(10(2)14)8-11-6-5-7-13(9-11)15-3/h5-7,9,12H,4,8H2,1-3H3. The maximum absolute atomic E-state index is 11.3. The van der Waals surface area contributed by atoms with Crippen LogP contribution in [0.5, 0.6) is 5.75 Å². The van der Waals surface area contributed by atoms with E-state index in [9.17, 15) is 4.79 Å². The highest BCUT2D eigenvalue weighted by atomic mass is 16.5. The lowest BCUT2D eigenvalue weighted by Gasteiger charge is -2.11. The van der Waals surface area contributed by atoms with Crippen LogP contribution in [0.4, 0.5) is 0 Å². The van der Waals surface area contributed by atoms with Gasteiger partial charge in [-0.05, 0) is 37.5 Å². The van der Waals surface area contributed by atoms with E-state index in [1.54, 1.807) is 14.0 Å². The van der Waals surface area contributed by atoms with Crippen LogP contribution in [0.15, 0.2) is 24.3 Å². The molecule has 0 saturated carbocycles. The van der Waals surface area contributed by atoms with E-state index in [0.29, 0.717) is 0 Å². The highest BCUT2D eigenvalue weighted by Gasteiger charge is 2.12. The summed E-state index contributed by atoms with van der Waals surface area (Å²) in [5, 5.41) is 0. The van der Waals surface area contributed by atoms with Crippen molar-refractivity contribution in [2.45, 2.75) is 26.7 Å². The molecule has 0 fully saturated rings. The first-order chi connectivity index (χ1) is 7.17. The van der Waals surface area contributed by atoms with Gasteiger partial charge in [0.2, 0.25) is 0 Å². The number of hydrogen-bond donors (Lipinski definition) is 0. The van der Waals surface area contributed by atoms with Gasteiger partial charge >= 0.3 is 0 Å². The first kappa shape index (κ1) is 11.8. The molecule has 0 radical (unpaired) electrons. The molecule has 1 unspecified atom stereocenters. The summed E-state index contributed by atoms with van der Waals surface area (Å²) in [6.45, 7) is 3.71. The highest BCUT2D eigenvalue weighted by Crippen LogP contribution is 2.18. The Morgan fingerprint density at radius 1 is 1.47 bits per heavy atom. The van der Waals surface area contributed by atoms with Crippen LogP contribution in [0.25, 0.3) is 0 Å². The highest BCUT2D eigenvalue weighted by molar-refractivity contribution is 5.78. The van der Waals surface area contributed by atoms with E-state index in [0.717, 1.165) is 24.2 Å². The Labute approximate surface area is 91.3 Å². The number of rotatable bonds is 5. The molecule has 0 amide bonds. The van der Waals surface area contributed by atoms with Crippen LogP contribution in [0.1, 0.15) is 25.8 Å². The molecular weight excluding hydrogens is 188 g/mol. The average Bonchev–Trinajstić information content (AvgIpc) is 2.25. The van der Waals surface area contributed by atoms with Gasteiger partial charge in [0.1, 0.15) is 11.5 Å². The smallest absolute Gasteiger partial charge is 0.133 e. The van der Waals surface area contributed by atoms with Crippen molar-refractivity contribution < 1.29 is 9.53 Å². The Hall–Kier alpha value is -1.31. The summed E-state index contributed by atoms with van der Waals surface area (Å²) in [6.07, 6.45) is 1.70. The first-order valence-corrected chi connectivity index (χ1v) is 5.30. The second kappa shape index (κ2) is 5.54. The Balaban J connectivity index is 2.74. The molecule has 2 heteroatoms. The summed E-state index contributed by atoms with van der Waals surface area (Å²) in [6, 6.07) is 7.90. The number of carbonyl (C=O) groups is 1. The number of Topliss-reactive ketones (excluding diaryl/α,β-unsaturated/α-hetero) is 1. The van der Waals surface area contributed by atoms with E-state index in [-0.39, 0.29) is 11.7 Å². The van der Waals surface area contributed by atoms with Crippen molar-refractivity contribution in [2.24, 2.45) is 5.92 Å². The molecule has 0 bridgehead atoms. The Bertz CT molecular complexity index is 331. The molecule has 1 aromatic rings. The summed E-state index contributed by atoms with van der Waals surface area (Å²) in [5.41, 5.74) is 1.16. The molecule has 82 valence electrons. The molecule has 0 heterocycles. The zero-order valence-corrected chi connectivity index (χ0v) is 9.62. The van der Waals surface area contributed by atoms with Crippen LogP contribution >= 0.6 is 0 Å². The molecule has 0 aliphatic heterocycles. The Morgan fingerprint density at radius 2 is 2.20 bits per heavy atom. The summed E-state index contributed by atoms with van der Waals surface area (Å²) in [4.78, 5) is 11.3. The Morgan fingerprint density at radius 3 is 2.73 bits per heavy atom. The fourth-order valence-corrected chi connectivity index (χ4v) is 1.66. The zero-order chi connectivity index (χ0) is 11.3. The minimum Gasteiger partial charge on any atom is -0.497 e. The minimum atomic E-state index is 0.136. The molecule has 0 aliphatic carbocycles. The quantitative estimate of drug-likeness (QED) is 0.740. The van der Waals surface area contributed by atoms with E-state index in [2.05, 4.69) is 0 Å². The summed E-state index contributed by atoms with van der Waals surface area (Å²) >= 11 is 0. The molecule has 1 atom stereocenters. The maximum Gasteiger partial charge on any atom is 0.133 e. The van der Waals surface area contributed by atoms with Gasteiger partial charge in [0.25, 0.3) is 0 Å². The third-order valence-corrected chi connectivity index (χ3v) is 2.68. The predicted molar refractivity (Wildman–Crippen MR) is 61.2 cm³/mol. The lowest BCUT2D eigenvalue weighted by molar-refractivity contribution is -0.120. The number of ether oxygens (including phenoxy) is 1. The van der Waals surface area contributed by atoms with E-state index in [1.165, 1.54) is 0 Å². The minimum absolute atomic E-state index is 0.136. The fourth-order valence-electron chi connectivity index (χ4n) is 1.66. The molecular formula is C13H18O2. The molecule has 2 nitrogen and oxygen atoms in total. The number of carbonyl (C=O) groups excluding carboxylic acids is 1. The second-order valence-electron chi connectivity index (χ2n) is 3.77. The first-order valence-electron chi connectivity index (χ1n) is 5.30. The summed E-state index contributed by atoms with van der Waals surface area (Å²) in [5.74, 6) is 1.25. The van der Waals surface area contributed by atoms with Gasteiger partial charge in [-0.1, -0.05) is 19.1 Å². The molecule has 0 aliphatic rings. The fraction of sp³-hybridized carbons (Fsp3) is 0.462. The molecule has 0 aromatic heterocycles. The lowest BCUT2D eigenvalue weighted by atomic mass is 9.94. The zero-order valence-electron chi connectivity index (χ0n) is 9.62. The van der Waals surface area contributed by atoms with Crippen molar-refractivity contribution in [1.29, 1.82) is 0 Å². The van der Waals surface area contributed by atoms with Crippen LogP contribution in [0.2, 0.25) is 0 Å². The lowest BCUT2D eigenvalue weighted by Crippen LogP contribution is -2.12. The molecule has 1 aromatic carbocycles.